The third kappa shape index (κ3) is 4.91. The van der Waals surface area contributed by atoms with Gasteiger partial charge in [0.25, 0.3) is 15.9 Å². The predicted molar refractivity (Wildman–Crippen MR) is 124 cm³/mol. The standard InChI is InChI=1S/C23H26N2O4S2/c1-16(2)22(21-10-7-15-30-21)24-23(26)17-11-13-18(14-12-17)31(27,28)25(3)19-8-5-6-9-20(19)29-4/h5-16,22H,1-4H3,(H,24,26)/t22-/m0/s1. The Kier molecular flexibility index (Phi) is 7.02. The maximum Gasteiger partial charge on any atom is 0.264 e. The van der Waals surface area contributed by atoms with Crippen molar-refractivity contribution in [2.75, 3.05) is 18.5 Å². The summed E-state index contributed by atoms with van der Waals surface area (Å²) in [5.41, 5.74) is 0.837. The second-order valence-electron chi connectivity index (χ2n) is 7.38. The number of nitrogens with one attached hydrogen (secondary N) is 1. The summed E-state index contributed by atoms with van der Waals surface area (Å²) in [6, 6.07) is 16.7. The number of hydrogen-bond acceptors (Lipinski definition) is 5. The van der Waals surface area contributed by atoms with Gasteiger partial charge in [-0.2, -0.15) is 0 Å². The Bertz CT molecular complexity index is 1120. The topological polar surface area (TPSA) is 75.7 Å². The van der Waals surface area contributed by atoms with Crippen LogP contribution in [0.15, 0.2) is 70.9 Å². The lowest BCUT2D eigenvalue weighted by atomic mass is 10.0. The molecule has 31 heavy (non-hydrogen) atoms. The average molecular weight is 459 g/mol. The molecule has 1 heterocycles. The Balaban J connectivity index is 1.81. The number of hydrogen-bond donors (Lipinski definition) is 1. The minimum atomic E-state index is -3.82. The van der Waals surface area contributed by atoms with Crippen LogP contribution in [0.1, 0.15) is 35.1 Å². The molecule has 3 rings (SSSR count). The highest BCUT2D eigenvalue weighted by Gasteiger charge is 2.25. The first kappa shape index (κ1) is 22.8. The van der Waals surface area contributed by atoms with Gasteiger partial charge in [-0.3, -0.25) is 9.10 Å². The Morgan fingerprint density at radius 3 is 2.29 bits per heavy atom. The van der Waals surface area contributed by atoms with Crippen LogP contribution in [0.2, 0.25) is 0 Å². The molecule has 164 valence electrons. The molecule has 6 nitrogen and oxygen atoms in total. The highest BCUT2D eigenvalue weighted by Crippen LogP contribution is 2.31. The van der Waals surface area contributed by atoms with E-state index in [1.807, 2.05) is 31.4 Å². The van der Waals surface area contributed by atoms with Crippen LogP contribution in [-0.4, -0.2) is 28.5 Å². The van der Waals surface area contributed by atoms with E-state index in [4.69, 9.17) is 4.74 Å². The van der Waals surface area contributed by atoms with Crippen LogP contribution in [0.3, 0.4) is 0 Å². The van der Waals surface area contributed by atoms with Crippen molar-refractivity contribution in [3.8, 4) is 5.75 Å². The molecule has 1 amide bonds. The van der Waals surface area contributed by atoms with Crippen LogP contribution >= 0.6 is 11.3 Å². The number of anilines is 1. The van der Waals surface area contributed by atoms with Crippen molar-refractivity contribution in [3.05, 3.63) is 76.5 Å². The van der Waals surface area contributed by atoms with Gasteiger partial charge in [0.1, 0.15) is 5.75 Å². The maximum atomic E-state index is 13.1. The first-order chi connectivity index (χ1) is 14.8. The monoisotopic (exact) mass is 458 g/mol. The van der Waals surface area contributed by atoms with E-state index in [9.17, 15) is 13.2 Å². The molecule has 0 bridgehead atoms. The molecule has 0 saturated heterocycles. The van der Waals surface area contributed by atoms with Crippen LogP contribution in [0.5, 0.6) is 5.75 Å². The smallest absolute Gasteiger partial charge is 0.264 e. The second kappa shape index (κ2) is 9.53. The van der Waals surface area contributed by atoms with Crippen molar-refractivity contribution in [1.29, 1.82) is 0 Å². The van der Waals surface area contributed by atoms with Gasteiger partial charge in [-0.25, -0.2) is 8.42 Å². The molecule has 0 spiro atoms. The van der Waals surface area contributed by atoms with Crippen LogP contribution in [-0.2, 0) is 10.0 Å². The van der Waals surface area contributed by atoms with Gasteiger partial charge in [0.15, 0.2) is 0 Å². The molecule has 1 atom stereocenters. The van der Waals surface area contributed by atoms with E-state index in [1.54, 1.807) is 35.6 Å². The summed E-state index contributed by atoms with van der Waals surface area (Å²) in [5.74, 6) is 0.434. The van der Waals surface area contributed by atoms with Crippen molar-refractivity contribution in [1.82, 2.24) is 5.32 Å². The van der Waals surface area contributed by atoms with E-state index < -0.39 is 10.0 Å². The molecule has 0 aliphatic carbocycles. The molecular weight excluding hydrogens is 432 g/mol. The largest absolute Gasteiger partial charge is 0.495 e. The van der Waals surface area contributed by atoms with Crippen molar-refractivity contribution < 1.29 is 17.9 Å². The van der Waals surface area contributed by atoms with Gasteiger partial charge in [-0.05, 0) is 53.8 Å². The number of thiophene rings is 1. The SMILES string of the molecule is COc1ccccc1N(C)S(=O)(=O)c1ccc(C(=O)N[C@H](c2cccs2)C(C)C)cc1. The van der Waals surface area contributed by atoms with E-state index in [2.05, 4.69) is 5.32 Å². The van der Waals surface area contributed by atoms with E-state index in [0.29, 0.717) is 17.0 Å². The fourth-order valence-electron chi connectivity index (χ4n) is 3.21. The fourth-order valence-corrected chi connectivity index (χ4v) is 5.37. The minimum absolute atomic E-state index is 0.0936. The molecule has 1 aromatic heterocycles. The molecule has 8 heteroatoms. The van der Waals surface area contributed by atoms with Crippen molar-refractivity contribution >= 4 is 33.0 Å². The fraction of sp³-hybridized carbons (Fsp3) is 0.261. The lowest BCUT2D eigenvalue weighted by molar-refractivity contribution is 0.0926. The molecule has 2 aromatic carbocycles. The molecule has 0 fully saturated rings. The lowest BCUT2D eigenvalue weighted by Crippen LogP contribution is -2.31. The summed E-state index contributed by atoms with van der Waals surface area (Å²) in [6.45, 7) is 4.10. The zero-order chi connectivity index (χ0) is 22.6. The van der Waals surface area contributed by atoms with E-state index in [1.165, 1.54) is 42.7 Å². The summed E-state index contributed by atoms with van der Waals surface area (Å²) in [5, 5.41) is 5.03. The number of ether oxygens (including phenoxy) is 1. The highest BCUT2D eigenvalue weighted by atomic mass is 32.2. The molecule has 0 unspecified atom stereocenters. The van der Waals surface area contributed by atoms with E-state index >= 15 is 0 Å². The van der Waals surface area contributed by atoms with Crippen LogP contribution < -0.4 is 14.4 Å². The van der Waals surface area contributed by atoms with Gasteiger partial charge in [0.05, 0.1) is 23.7 Å². The number of sulfonamides is 1. The number of carbonyl (C=O) groups excluding carboxylic acids is 1. The summed E-state index contributed by atoms with van der Waals surface area (Å²) >= 11 is 1.60. The van der Waals surface area contributed by atoms with Crippen LogP contribution in [0, 0.1) is 5.92 Å². The first-order valence-electron chi connectivity index (χ1n) is 9.82. The molecule has 0 saturated carbocycles. The number of benzene rings is 2. The Morgan fingerprint density at radius 1 is 1.03 bits per heavy atom. The number of carbonyl (C=O) groups is 1. The molecule has 0 aliphatic heterocycles. The maximum absolute atomic E-state index is 13.1. The van der Waals surface area contributed by atoms with Gasteiger partial charge < -0.3 is 10.1 Å². The lowest BCUT2D eigenvalue weighted by Gasteiger charge is -2.22. The number of para-hydroxylation sites is 2. The Hall–Kier alpha value is -2.84. The van der Waals surface area contributed by atoms with Crippen molar-refractivity contribution in [3.63, 3.8) is 0 Å². The Labute approximate surface area is 187 Å². The second-order valence-corrected chi connectivity index (χ2v) is 10.3. The quantitative estimate of drug-likeness (QED) is 0.530. The van der Waals surface area contributed by atoms with Gasteiger partial charge >= 0.3 is 0 Å². The average Bonchev–Trinajstić information content (AvgIpc) is 3.31. The predicted octanol–water partition coefficient (Wildman–Crippen LogP) is 4.71. The zero-order valence-electron chi connectivity index (χ0n) is 17.9. The number of methoxy groups -OCH3 is 1. The normalized spacial score (nSPS) is 12.4. The van der Waals surface area contributed by atoms with Gasteiger partial charge in [-0.1, -0.05) is 32.0 Å². The number of nitrogens with zero attached hydrogens (tertiary/aromatic N) is 1. The van der Waals surface area contributed by atoms with Gasteiger partial charge in [0, 0.05) is 17.5 Å². The summed E-state index contributed by atoms with van der Waals surface area (Å²) in [6.07, 6.45) is 0. The third-order valence-corrected chi connectivity index (χ3v) is 7.74. The Morgan fingerprint density at radius 2 is 1.71 bits per heavy atom. The summed E-state index contributed by atoms with van der Waals surface area (Å²) < 4.78 is 32.6. The first-order valence-corrected chi connectivity index (χ1v) is 12.1. The number of rotatable bonds is 8. The minimum Gasteiger partial charge on any atom is -0.495 e. The molecule has 0 radical (unpaired) electrons. The third-order valence-electron chi connectivity index (χ3n) is 5.00. The van der Waals surface area contributed by atoms with Crippen molar-refractivity contribution in [2.24, 2.45) is 5.92 Å². The molecular formula is C23H26N2O4S2. The van der Waals surface area contributed by atoms with Crippen LogP contribution in [0.4, 0.5) is 5.69 Å². The number of amides is 1. The molecule has 1 N–H and O–H groups in total. The van der Waals surface area contributed by atoms with E-state index in [0.717, 1.165) is 4.88 Å². The van der Waals surface area contributed by atoms with Gasteiger partial charge in [-0.15, -0.1) is 11.3 Å². The van der Waals surface area contributed by atoms with E-state index in [-0.39, 0.29) is 22.8 Å². The summed E-state index contributed by atoms with van der Waals surface area (Å²) in [7, 11) is -0.848. The van der Waals surface area contributed by atoms with Crippen LogP contribution in [0.25, 0.3) is 0 Å². The highest BCUT2D eigenvalue weighted by molar-refractivity contribution is 7.92. The molecule has 3 aromatic rings. The summed E-state index contributed by atoms with van der Waals surface area (Å²) in [4.78, 5) is 13.9. The van der Waals surface area contributed by atoms with Crippen molar-refractivity contribution in [2.45, 2.75) is 24.8 Å². The zero-order valence-corrected chi connectivity index (χ0v) is 19.5. The molecule has 0 aliphatic rings. The van der Waals surface area contributed by atoms with Gasteiger partial charge in [0.2, 0.25) is 0 Å².